The number of carbonyl (C=O) groups is 2. The Bertz CT molecular complexity index is 551. The monoisotopic (exact) mass is 309 g/mol. The number of rotatable bonds is 4. The lowest BCUT2D eigenvalue weighted by Crippen LogP contribution is -2.44. The van der Waals surface area contributed by atoms with Crippen LogP contribution in [0.4, 0.5) is 4.79 Å². The molecule has 1 aromatic carbocycles. The Morgan fingerprint density at radius 3 is 2.14 bits per heavy atom. The quantitative estimate of drug-likeness (QED) is 0.794. The van der Waals surface area contributed by atoms with Crippen LogP contribution in [-0.4, -0.2) is 33.9 Å². The maximum absolute atomic E-state index is 11.8. The lowest BCUT2D eigenvalue weighted by atomic mass is 9.96. The lowest BCUT2D eigenvalue weighted by Gasteiger charge is -2.22. The van der Waals surface area contributed by atoms with Crippen molar-refractivity contribution in [3.63, 3.8) is 0 Å². The van der Waals surface area contributed by atoms with Crippen molar-refractivity contribution in [1.29, 1.82) is 0 Å². The highest BCUT2D eigenvalue weighted by Crippen LogP contribution is 2.22. The van der Waals surface area contributed by atoms with E-state index in [1.54, 1.807) is 46.8 Å². The average molecular weight is 309 g/mol. The molecule has 0 spiro atoms. The third-order valence-electron chi connectivity index (χ3n) is 3.08. The normalized spacial score (nSPS) is 12.6. The maximum atomic E-state index is 11.8. The summed E-state index contributed by atoms with van der Waals surface area (Å²) in [6, 6.07) is 2.03. The number of aromatic hydroxyl groups is 1. The van der Waals surface area contributed by atoms with E-state index in [9.17, 15) is 19.8 Å². The van der Waals surface area contributed by atoms with Crippen molar-refractivity contribution in [1.82, 2.24) is 5.32 Å². The van der Waals surface area contributed by atoms with Gasteiger partial charge in [0.15, 0.2) is 0 Å². The number of nitrogens with one attached hydrogen (secondary N) is 1. The van der Waals surface area contributed by atoms with Gasteiger partial charge in [0.2, 0.25) is 0 Å². The van der Waals surface area contributed by atoms with Crippen molar-refractivity contribution in [2.24, 2.45) is 0 Å². The Morgan fingerprint density at radius 2 is 1.73 bits per heavy atom. The van der Waals surface area contributed by atoms with Gasteiger partial charge in [-0.1, -0.05) is 0 Å². The number of phenols is 1. The van der Waals surface area contributed by atoms with Crippen molar-refractivity contribution < 1.29 is 24.5 Å². The molecular weight excluding hydrogens is 286 g/mol. The first-order valence-electron chi connectivity index (χ1n) is 7.01. The fraction of sp³-hybridized carbons (Fsp3) is 0.500. The molecule has 1 amide bonds. The van der Waals surface area contributed by atoms with E-state index in [1.165, 1.54) is 0 Å². The largest absolute Gasteiger partial charge is 0.508 e. The van der Waals surface area contributed by atoms with Crippen LogP contribution >= 0.6 is 0 Å². The van der Waals surface area contributed by atoms with E-state index in [4.69, 9.17) is 4.74 Å². The van der Waals surface area contributed by atoms with Crippen molar-refractivity contribution in [2.75, 3.05) is 0 Å². The van der Waals surface area contributed by atoms with Crippen LogP contribution in [0.3, 0.4) is 0 Å². The topological polar surface area (TPSA) is 95.9 Å². The van der Waals surface area contributed by atoms with Gasteiger partial charge in [0.05, 0.1) is 0 Å². The second-order valence-electron chi connectivity index (χ2n) is 6.30. The summed E-state index contributed by atoms with van der Waals surface area (Å²) in [6.45, 7) is 8.69. The predicted octanol–water partition coefficient (Wildman–Crippen LogP) is 2.53. The van der Waals surface area contributed by atoms with E-state index in [-0.39, 0.29) is 12.2 Å². The average Bonchev–Trinajstić information content (AvgIpc) is 2.29. The van der Waals surface area contributed by atoms with Crippen LogP contribution in [0.5, 0.6) is 5.75 Å². The van der Waals surface area contributed by atoms with Gasteiger partial charge in [0.25, 0.3) is 0 Å². The fourth-order valence-corrected chi connectivity index (χ4v) is 2.15. The van der Waals surface area contributed by atoms with Crippen LogP contribution in [0, 0.1) is 13.8 Å². The van der Waals surface area contributed by atoms with Crippen LogP contribution in [0.25, 0.3) is 0 Å². The smallest absolute Gasteiger partial charge is 0.408 e. The van der Waals surface area contributed by atoms with Gasteiger partial charge < -0.3 is 20.3 Å². The second kappa shape index (κ2) is 6.68. The number of carboxylic acids is 1. The Labute approximate surface area is 130 Å². The molecule has 0 bridgehead atoms. The number of carbonyl (C=O) groups excluding carboxylic acids is 1. The number of aryl methyl sites for hydroxylation is 2. The van der Waals surface area contributed by atoms with Gasteiger partial charge >= 0.3 is 12.1 Å². The zero-order chi connectivity index (χ0) is 17.1. The summed E-state index contributed by atoms with van der Waals surface area (Å²) in [4.78, 5) is 23.1. The Balaban J connectivity index is 2.90. The Kier molecular flexibility index (Phi) is 5.41. The number of alkyl carbamates (subject to hydrolysis) is 1. The van der Waals surface area contributed by atoms with E-state index in [0.29, 0.717) is 0 Å². The maximum Gasteiger partial charge on any atom is 0.408 e. The highest BCUT2D eigenvalue weighted by molar-refractivity contribution is 5.80. The zero-order valence-electron chi connectivity index (χ0n) is 13.6. The predicted molar refractivity (Wildman–Crippen MR) is 82.1 cm³/mol. The summed E-state index contributed by atoms with van der Waals surface area (Å²) in [7, 11) is 0. The first-order valence-corrected chi connectivity index (χ1v) is 7.01. The van der Waals surface area contributed by atoms with E-state index in [1.807, 2.05) is 0 Å². The van der Waals surface area contributed by atoms with Gasteiger partial charge in [-0.25, -0.2) is 9.59 Å². The summed E-state index contributed by atoms with van der Waals surface area (Å²) in [5, 5.41) is 21.2. The van der Waals surface area contributed by atoms with Crippen molar-refractivity contribution in [3.05, 3.63) is 28.8 Å². The van der Waals surface area contributed by atoms with E-state index in [2.05, 4.69) is 5.32 Å². The zero-order valence-corrected chi connectivity index (χ0v) is 13.6. The number of carboxylic acid groups (broad SMARTS) is 1. The van der Waals surface area contributed by atoms with Crippen LogP contribution in [-0.2, 0) is 16.0 Å². The van der Waals surface area contributed by atoms with Gasteiger partial charge in [0, 0.05) is 6.42 Å². The van der Waals surface area contributed by atoms with E-state index in [0.717, 1.165) is 16.7 Å². The molecule has 0 unspecified atom stereocenters. The van der Waals surface area contributed by atoms with Crippen molar-refractivity contribution >= 4 is 12.1 Å². The summed E-state index contributed by atoms with van der Waals surface area (Å²) in [5.41, 5.74) is 1.63. The molecule has 0 aliphatic carbocycles. The number of phenolic OH excluding ortho intramolecular Hbond substituents is 1. The number of amides is 1. The van der Waals surface area contributed by atoms with Gasteiger partial charge in [-0.05, 0) is 63.4 Å². The van der Waals surface area contributed by atoms with Crippen LogP contribution in [0.2, 0.25) is 0 Å². The molecule has 1 aromatic rings. The molecule has 0 saturated heterocycles. The molecule has 22 heavy (non-hydrogen) atoms. The van der Waals surface area contributed by atoms with Gasteiger partial charge in [-0.15, -0.1) is 0 Å². The summed E-state index contributed by atoms with van der Waals surface area (Å²) in [5.74, 6) is -1.01. The van der Waals surface area contributed by atoms with Gasteiger partial charge in [-0.3, -0.25) is 0 Å². The third-order valence-corrected chi connectivity index (χ3v) is 3.08. The van der Waals surface area contributed by atoms with E-state index >= 15 is 0 Å². The molecule has 6 heteroatoms. The SMILES string of the molecule is Cc1cc(O)cc(C)c1C[C@@H](NC(=O)OC(C)(C)C)C(=O)O. The van der Waals surface area contributed by atoms with Crippen molar-refractivity contribution in [3.8, 4) is 5.75 Å². The molecule has 6 nitrogen and oxygen atoms in total. The molecule has 122 valence electrons. The first-order chi connectivity index (χ1) is 9.99. The number of aliphatic carboxylic acids is 1. The molecule has 0 aliphatic heterocycles. The number of benzene rings is 1. The van der Waals surface area contributed by atoms with Crippen molar-refractivity contribution in [2.45, 2.75) is 52.7 Å². The molecule has 0 aliphatic rings. The summed E-state index contributed by atoms with van der Waals surface area (Å²) in [6.07, 6.45) is -0.652. The van der Waals surface area contributed by atoms with Crippen LogP contribution in [0.15, 0.2) is 12.1 Å². The fourth-order valence-electron chi connectivity index (χ4n) is 2.15. The molecule has 1 rings (SSSR count). The molecule has 0 aromatic heterocycles. The number of hydrogen-bond donors (Lipinski definition) is 3. The minimum absolute atomic E-state index is 0.118. The molecule has 0 heterocycles. The van der Waals surface area contributed by atoms with Crippen LogP contribution in [0.1, 0.15) is 37.5 Å². The number of ether oxygens (including phenoxy) is 1. The highest BCUT2D eigenvalue weighted by atomic mass is 16.6. The highest BCUT2D eigenvalue weighted by Gasteiger charge is 2.25. The molecule has 0 radical (unpaired) electrons. The molecule has 0 fully saturated rings. The molecule has 0 saturated carbocycles. The van der Waals surface area contributed by atoms with Gasteiger partial charge in [-0.2, -0.15) is 0 Å². The second-order valence-corrected chi connectivity index (χ2v) is 6.30. The summed E-state index contributed by atoms with van der Waals surface area (Å²) >= 11 is 0. The van der Waals surface area contributed by atoms with E-state index < -0.39 is 23.7 Å². The Hall–Kier alpha value is -2.24. The first kappa shape index (κ1) is 17.8. The molecule has 1 atom stereocenters. The third kappa shape index (κ3) is 5.27. The minimum Gasteiger partial charge on any atom is -0.508 e. The van der Waals surface area contributed by atoms with Crippen LogP contribution < -0.4 is 5.32 Å². The summed E-state index contributed by atoms with van der Waals surface area (Å²) < 4.78 is 5.08. The van der Waals surface area contributed by atoms with Gasteiger partial charge in [0.1, 0.15) is 17.4 Å². The minimum atomic E-state index is -1.14. The Morgan fingerprint density at radius 1 is 1.23 bits per heavy atom. The lowest BCUT2D eigenvalue weighted by molar-refractivity contribution is -0.139. The molecular formula is C16H23NO5. The standard InChI is InChI=1S/C16H23NO5/c1-9-6-11(18)7-10(2)12(9)8-13(14(19)20)17-15(21)22-16(3,4)5/h6-7,13,18H,8H2,1-5H3,(H,17,21)(H,19,20)/t13-/m1/s1. The number of hydrogen-bond acceptors (Lipinski definition) is 4. The molecule has 3 N–H and O–H groups in total.